The zero-order valence-corrected chi connectivity index (χ0v) is 15.8. The van der Waals surface area contributed by atoms with Crippen molar-refractivity contribution in [3.05, 3.63) is 75.3 Å². The van der Waals surface area contributed by atoms with Gasteiger partial charge in [0.25, 0.3) is 5.69 Å². The zero-order chi connectivity index (χ0) is 19.1. The largest absolute Gasteiger partial charge is 0.326 e. The molecule has 2 N–H and O–H groups in total. The minimum absolute atomic E-state index is 0.148. The van der Waals surface area contributed by atoms with Gasteiger partial charge in [0.15, 0.2) is 0 Å². The minimum Gasteiger partial charge on any atom is -0.326 e. The summed E-state index contributed by atoms with van der Waals surface area (Å²) in [5, 5.41) is 10.9. The van der Waals surface area contributed by atoms with Gasteiger partial charge in [0.1, 0.15) is 0 Å². The van der Waals surface area contributed by atoms with Crippen LogP contribution in [0.25, 0.3) is 0 Å². The van der Waals surface area contributed by atoms with Crippen LogP contribution in [-0.2, 0) is 19.6 Å². The fourth-order valence-electron chi connectivity index (χ4n) is 3.94. The summed E-state index contributed by atoms with van der Waals surface area (Å²) in [6.45, 7) is 3.34. The van der Waals surface area contributed by atoms with Crippen LogP contribution >= 0.6 is 0 Å². The number of non-ortho nitro benzene ring substituents is 1. The Morgan fingerprint density at radius 1 is 0.889 bits per heavy atom. The Hall–Kier alpha value is -2.24. The molecule has 0 amide bonds. The SMILES string of the molecule is NCc1ccc(CN(Cc2ccc([N+](=O)[O-])cc2)CC2CCCCC2)cc1. The number of nitro groups is 1. The molecule has 1 aliphatic carbocycles. The summed E-state index contributed by atoms with van der Waals surface area (Å²) in [6, 6.07) is 15.5. The van der Waals surface area contributed by atoms with E-state index in [2.05, 4.69) is 29.2 Å². The van der Waals surface area contributed by atoms with Crippen LogP contribution in [0, 0.1) is 16.0 Å². The summed E-state index contributed by atoms with van der Waals surface area (Å²) in [5.74, 6) is 0.750. The van der Waals surface area contributed by atoms with Crippen LogP contribution < -0.4 is 5.73 Å². The maximum absolute atomic E-state index is 10.9. The van der Waals surface area contributed by atoms with Crippen molar-refractivity contribution in [3.8, 4) is 0 Å². The Bertz CT molecular complexity index is 722. The molecular formula is C22H29N3O2. The van der Waals surface area contributed by atoms with E-state index in [-0.39, 0.29) is 10.6 Å². The van der Waals surface area contributed by atoms with Gasteiger partial charge in [-0.25, -0.2) is 0 Å². The molecule has 27 heavy (non-hydrogen) atoms. The van der Waals surface area contributed by atoms with E-state index in [1.54, 1.807) is 12.1 Å². The molecule has 0 aromatic heterocycles. The Kier molecular flexibility index (Phi) is 6.96. The lowest BCUT2D eigenvalue weighted by Crippen LogP contribution is -2.30. The highest BCUT2D eigenvalue weighted by molar-refractivity contribution is 5.33. The van der Waals surface area contributed by atoms with Gasteiger partial charge in [-0.05, 0) is 35.4 Å². The van der Waals surface area contributed by atoms with E-state index in [4.69, 9.17) is 5.73 Å². The van der Waals surface area contributed by atoms with Crippen LogP contribution in [0.15, 0.2) is 48.5 Å². The molecule has 0 bridgehead atoms. The summed E-state index contributed by atoms with van der Waals surface area (Å²) < 4.78 is 0. The molecule has 0 atom stereocenters. The van der Waals surface area contributed by atoms with Crippen LogP contribution in [0.4, 0.5) is 5.69 Å². The Morgan fingerprint density at radius 2 is 1.41 bits per heavy atom. The predicted octanol–water partition coefficient (Wildman–Crippen LogP) is 4.64. The normalized spacial score (nSPS) is 15.2. The average molecular weight is 367 g/mol. The van der Waals surface area contributed by atoms with Crippen molar-refractivity contribution in [2.75, 3.05) is 6.54 Å². The summed E-state index contributed by atoms with van der Waals surface area (Å²) in [7, 11) is 0. The number of nitro benzene ring substituents is 1. The number of nitrogens with zero attached hydrogens (tertiary/aromatic N) is 2. The second kappa shape index (κ2) is 9.62. The summed E-state index contributed by atoms with van der Waals surface area (Å²) >= 11 is 0. The summed E-state index contributed by atoms with van der Waals surface area (Å²) in [6.07, 6.45) is 6.65. The highest BCUT2D eigenvalue weighted by atomic mass is 16.6. The van der Waals surface area contributed by atoms with E-state index in [0.717, 1.165) is 36.7 Å². The molecule has 0 unspecified atom stereocenters. The topological polar surface area (TPSA) is 72.4 Å². The Labute approximate surface area is 161 Å². The van der Waals surface area contributed by atoms with Crippen molar-refractivity contribution in [1.82, 2.24) is 4.90 Å². The molecule has 2 aromatic rings. The first-order chi connectivity index (χ1) is 13.1. The van der Waals surface area contributed by atoms with E-state index in [1.807, 2.05) is 12.1 Å². The molecule has 0 saturated heterocycles. The molecule has 2 aromatic carbocycles. The van der Waals surface area contributed by atoms with Gasteiger partial charge in [-0.1, -0.05) is 55.7 Å². The molecule has 0 aliphatic heterocycles. The molecule has 1 fully saturated rings. The molecule has 0 heterocycles. The molecule has 1 aliphatic rings. The smallest absolute Gasteiger partial charge is 0.269 e. The first-order valence-corrected chi connectivity index (χ1v) is 9.87. The maximum Gasteiger partial charge on any atom is 0.269 e. The van der Waals surface area contributed by atoms with Crippen molar-refractivity contribution in [2.45, 2.75) is 51.7 Å². The molecule has 144 valence electrons. The molecular weight excluding hydrogens is 338 g/mol. The highest BCUT2D eigenvalue weighted by Crippen LogP contribution is 2.26. The van der Waals surface area contributed by atoms with Crippen molar-refractivity contribution < 1.29 is 4.92 Å². The fourth-order valence-corrected chi connectivity index (χ4v) is 3.94. The van der Waals surface area contributed by atoms with Crippen molar-refractivity contribution in [2.24, 2.45) is 11.7 Å². The van der Waals surface area contributed by atoms with Crippen LogP contribution in [0.2, 0.25) is 0 Å². The third-order valence-corrected chi connectivity index (χ3v) is 5.46. The minimum atomic E-state index is -0.345. The van der Waals surface area contributed by atoms with Crippen LogP contribution in [-0.4, -0.2) is 16.4 Å². The predicted molar refractivity (Wildman–Crippen MR) is 108 cm³/mol. The first kappa shape index (κ1) is 19.5. The number of hydrogen-bond acceptors (Lipinski definition) is 4. The molecule has 5 heteroatoms. The van der Waals surface area contributed by atoms with Gasteiger partial charge in [-0.15, -0.1) is 0 Å². The molecule has 5 nitrogen and oxygen atoms in total. The number of benzene rings is 2. The third kappa shape index (κ3) is 5.88. The Balaban J connectivity index is 1.70. The second-order valence-corrected chi connectivity index (χ2v) is 7.62. The van der Waals surface area contributed by atoms with E-state index >= 15 is 0 Å². The quantitative estimate of drug-likeness (QED) is 0.545. The van der Waals surface area contributed by atoms with Gasteiger partial charge >= 0.3 is 0 Å². The standard InChI is InChI=1S/C22H29N3O2/c23-14-18-6-8-20(9-7-18)16-24(15-19-4-2-1-3-5-19)17-21-10-12-22(13-11-21)25(26)27/h6-13,19H,1-5,14-17,23H2. The van der Waals surface area contributed by atoms with Gasteiger partial charge in [0.2, 0.25) is 0 Å². The Morgan fingerprint density at radius 3 is 1.93 bits per heavy atom. The first-order valence-electron chi connectivity index (χ1n) is 9.87. The van der Waals surface area contributed by atoms with E-state index < -0.39 is 0 Å². The van der Waals surface area contributed by atoms with Gasteiger partial charge in [0.05, 0.1) is 4.92 Å². The molecule has 0 spiro atoms. The van der Waals surface area contributed by atoms with Gasteiger partial charge in [-0.2, -0.15) is 0 Å². The van der Waals surface area contributed by atoms with Crippen LogP contribution in [0.5, 0.6) is 0 Å². The summed E-state index contributed by atoms with van der Waals surface area (Å²) in [5.41, 5.74) is 9.40. The lowest BCUT2D eigenvalue weighted by molar-refractivity contribution is -0.384. The van der Waals surface area contributed by atoms with Crippen molar-refractivity contribution in [1.29, 1.82) is 0 Å². The number of nitrogens with two attached hydrogens (primary N) is 1. The van der Waals surface area contributed by atoms with Crippen LogP contribution in [0.3, 0.4) is 0 Å². The lowest BCUT2D eigenvalue weighted by atomic mass is 9.88. The maximum atomic E-state index is 10.9. The van der Waals surface area contributed by atoms with Crippen LogP contribution in [0.1, 0.15) is 48.8 Å². The molecule has 1 saturated carbocycles. The average Bonchev–Trinajstić information content (AvgIpc) is 2.70. The molecule has 0 radical (unpaired) electrons. The zero-order valence-electron chi connectivity index (χ0n) is 15.8. The monoisotopic (exact) mass is 367 g/mol. The number of rotatable bonds is 8. The third-order valence-electron chi connectivity index (χ3n) is 5.46. The highest BCUT2D eigenvalue weighted by Gasteiger charge is 2.18. The lowest BCUT2D eigenvalue weighted by Gasteiger charge is -2.30. The van der Waals surface area contributed by atoms with Crippen molar-refractivity contribution >= 4 is 5.69 Å². The fraction of sp³-hybridized carbons (Fsp3) is 0.455. The summed E-state index contributed by atoms with van der Waals surface area (Å²) in [4.78, 5) is 13.0. The van der Waals surface area contributed by atoms with Gasteiger partial charge in [-0.3, -0.25) is 15.0 Å². The molecule has 3 rings (SSSR count). The second-order valence-electron chi connectivity index (χ2n) is 7.62. The van der Waals surface area contributed by atoms with E-state index in [9.17, 15) is 10.1 Å². The van der Waals surface area contributed by atoms with E-state index in [0.29, 0.717) is 6.54 Å². The van der Waals surface area contributed by atoms with Gasteiger partial charge in [0, 0.05) is 38.3 Å². The number of hydrogen-bond donors (Lipinski definition) is 1. The van der Waals surface area contributed by atoms with Gasteiger partial charge < -0.3 is 5.73 Å². The van der Waals surface area contributed by atoms with Crippen molar-refractivity contribution in [3.63, 3.8) is 0 Å². The van der Waals surface area contributed by atoms with E-state index in [1.165, 1.54) is 37.7 Å².